The molecule has 2 N–H and O–H groups in total. The molecule has 4 heteroatoms. The van der Waals surface area contributed by atoms with Crippen molar-refractivity contribution < 1.29 is 14.7 Å². The number of benzene rings is 1. The van der Waals surface area contributed by atoms with Crippen molar-refractivity contribution in [2.45, 2.75) is 33.1 Å². The van der Waals surface area contributed by atoms with Crippen LogP contribution in [0, 0.1) is 5.92 Å². The van der Waals surface area contributed by atoms with E-state index in [-0.39, 0.29) is 17.9 Å². The Bertz CT molecular complexity index is 441. The molecule has 0 aliphatic heterocycles. The second-order valence-electron chi connectivity index (χ2n) is 5.07. The van der Waals surface area contributed by atoms with Crippen LogP contribution < -0.4 is 5.32 Å². The number of carboxylic acids is 1. The van der Waals surface area contributed by atoms with Crippen LogP contribution in [0.15, 0.2) is 24.3 Å². The zero-order chi connectivity index (χ0) is 14.3. The molecular formula is C15H21NO3. The van der Waals surface area contributed by atoms with Crippen molar-refractivity contribution in [2.24, 2.45) is 5.92 Å². The Kier molecular flexibility index (Phi) is 6.06. The normalized spacial score (nSPS) is 10.5. The highest BCUT2D eigenvalue weighted by molar-refractivity contribution is 5.88. The Morgan fingerprint density at radius 3 is 2.68 bits per heavy atom. The summed E-state index contributed by atoms with van der Waals surface area (Å²) >= 11 is 0. The first kappa shape index (κ1) is 15.2. The van der Waals surface area contributed by atoms with Gasteiger partial charge in [-0.3, -0.25) is 4.79 Å². The average molecular weight is 263 g/mol. The average Bonchev–Trinajstić information content (AvgIpc) is 2.34. The minimum absolute atomic E-state index is 0.0636. The van der Waals surface area contributed by atoms with Crippen molar-refractivity contribution in [1.29, 1.82) is 0 Å². The second-order valence-corrected chi connectivity index (χ2v) is 5.07. The van der Waals surface area contributed by atoms with E-state index in [2.05, 4.69) is 19.2 Å². The van der Waals surface area contributed by atoms with Crippen molar-refractivity contribution in [3.05, 3.63) is 35.4 Å². The van der Waals surface area contributed by atoms with E-state index in [1.807, 2.05) is 0 Å². The maximum Gasteiger partial charge on any atom is 0.335 e. The number of nitrogens with one attached hydrogen (secondary N) is 1. The molecule has 0 saturated carbocycles. The van der Waals surface area contributed by atoms with Gasteiger partial charge in [0.15, 0.2) is 0 Å². The number of amides is 1. The number of aromatic carboxylic acids is 1. The number of carbonyl (C=O) groups excluding carboxylic acids is 1. The van der Waals surface area contributed by atoms with Crippen LogP contribution in [0.3, 0.4) is 0 Å². The van der Waals surface area contributed by atoms with Gasteiger partial charge in [-0.25, -0.2) is 4.79 Å². The molecule has 1 rings (SSSR count). The van der Waals surface area contributed by atoms with Gasteiger partial charge in [0.25, 0.3) is 0 Å². The summed E-state index contributed by atoms with van der Waals surface area (Å²) in [6.45, 7) is 4.98. The quantitative estimate of drug-likeness (QED) is 0.743. The van der Waals surface area contributed by atoms with E-state index in [1.165, 1.54) is 12.1 Å². The molecule has 0 aromatic heterocycles. The lowest BCUT2D eigenvalue weighted by Crippen LogP contribution is -2.26. The summed E-state index contributed by atoms with van der Waals surface area (Å²) < 4.78 is 0. The number of rotatable bonds is 7. The minimum Gasteiger partial charge on any atom is -0.478 e. The Balaban J connectivity index is 2.40. The zero-order valence-electron chi connectivity index (χ0n) is 11.5. The molecule has 4 nitrogen and oxygen atoms in total. The van der Waals surface area contributed by atoms with Gasteiger partial charge < -0.3 is 10.4 Å². The summed E-state index contributed by atoms with van der Waals surface area (Å²) in [6.07, 6.45) is 2.29. The molecule has 104 valence electrons. The van der Waals surface area contributed by atoms with Crippen LogP contribution in [-0.4, -0.2) is 23.5 Å². The van der Waals surface area contributed by atoms with Gasteiger partial charge in [0.05, 0.1) is 12.0 Å². The number of hydrogen-bond donors (Lipinski definition) is 2. The summed E-state index contributed by atoms with van der Waals surface area (Å²) in [5.41, 5.74) is 0.936. The molecule has 0 atom stereocenters. The van der Waals surface area contributed by atoms with E-state index in [0.717, 1.165) is 18.4 Å². The van der Waals surface area contributed by atoms with E-state index < -0.39 is 5.97 Å². The maximum atomic E-state index is 11.7. The van der Waals surface area contributed by atoms with Gasteiger partial charge in [-0.1, -0.05) is 26.0 Å². The molecule has 1 amide bonds. The molecule has 1 aromatic rings. The highest BCUT2D eigenvalue weighted by Gasteiger charge is 2.06. The summed E-state index contributed by atoms with van der Waals surface area (Å²) in [5, 5.41) is 11.7. The molecule has 0 saturated heterocycles. The number of carboxylic acid groups (broad SMARTS) is 1. The van der Waals surface area contributed by atoms with Crippen LogP contribution in [0.1, 0.15) is 42.6 Å². The summed E-state index contributed by atoms with van der Waals surface area (Å²) in [6, 6.07) is 6.48. The topological polar surface area (TPSA) is 66.4 Å². The fourth-order valence-electron chi connectivity index (χ4n) is 1.80. The first-order chi connectivity index (χ1) is 8.99. The van der Waals surface area contributed by atoms with Crippen LogP contribution in [0.4, 0.5) is 0 Å². The molecule has 0 aliphatic rings. The van der Waals surface area contributed by atoms with Crippen LogP contribution >= 0.6 is 0 Å². The molecule has 0 bridgehead atoms. The van der Waals surface area contributed by atoms with E-state index in [1.54, 1.807) is 12.1 Å². The third-order valence-corrected chi connectivity index (χ3v) is 2.82. The molecule has 0 radical (unpaired) electrons. The smallest absolute Gasteiger partial charge is 0.335 e. The lowest BCUT2D eigenvalue weighted by atomic mass is 10.1. The van der Waals surface area contributed by atoms with Gasteiger partial charge in [0.2, 0.25) is 5.91 Å². The highest BCUT2D eigenvalue weighted by atomic mass is 16.4. The van der Waals surface area contributed by atoms with Gasteiger partial charge in [0.1, 0.15) is 0 Å². The van der Waals surface area contributed by atoms with Crippen molar-refractivity contribution in [1.82, 2.24) is 5.32 Å². The summed E-state index contributed by atoms with van der Waals surface area (Å²) in [7, 11) is 0. The molecule has 0 fully saturated rings. The summed E-state index contributed by atoms with van der Waals surface area (Å²) in [5.74, 6) is -0.394. The van der Waals surface area contributed by atoms with Crippen LogP contribution in [-0.2, 0) is 11.2 Å². The second kappa shape index (κ2) is 7.56. The maximum absolute atomic E-state index is 11.7. The van der Waals surface area contributed by atoms with Crippen molar-refractivity contribution in [3.63, 3.8) is 0 Å². The highest BCUT2D eigenvalue weighted by Crippen LogP contribution is 2.06. The molecule has 1 aromatic carbocycles. The molecule has 0 unspecified atom stereocenters. The molecule has 0 spiro atoms. The molecule has 0 heterocycles. The first-order valence-corrected chi connectivity index (χ1v) is 6.58. The third-order valence-electron chi connectivity index (χ3n) is 2.82. The van der Waals surface area contributed by atoms with Crippen molar-refractivity contribution in [3.8, 4) is 0 Å². The van der Waals surface area contributed by atoms with E-state index in [4.69, 9.17) is 5.11 Å². The Morgan fingerprint density at radius 1 is 1.32 bits per heavy atom. The fraction of sp³-hybridized carbons (Fsp3) is 0.467. The van der Waals surface area contributed by atoms with Crippen LogP contribution in [0.2, 0.25) is 0 Å². The monoisotopic (exact) mass is 263 g/mol. The lowest BCUT2D eigenvalue weighted by molar-refractivity contribution is -0.120. The minimum atomic E-state index is -0.973. The summed E-state index contributed by atoms with van der Waals surface area (Å²) in [4.78, 5) is 22.5. The molecule has 0 aliphatic carbocycles. The number of hydrogen-bond acceptors (Lipinski definition) is 2. The van der Waals surface area contributed by atoms with Gasteiger partial charge in [-0.2, -0.15) is 0 Å². The van der Waals surface area contributed by atoms with Crippen molar-refractivity contribution >= 4 is 11.9 Å². The van der Waals surface area contributed by atoms with Gasteiger partial charge >= 0.3 is 5.97 Å². The van der Waals surface area contributed by atoms with Crippen LogP contribution in [0.25, 0.3) is 0 Å². The predicted octanol–water partition coefficient (Wildman–Crippen LogP) is 2.48. The zero-order valence-corrected chi connectivity index (χ0v) is 11.5. The Morgan fingerprint density at radius 2 is 2.05 bits per heavy atom. The van der Waals surface area contributed by atoms with E-state index in [0.29, 0.717) is 12.5 Å². The molecular weight excluding hydrogens is 242 g/mol. The Labute approximate surface area is 113 Å². The largest absolute Gasteiger partial charge is 0.478 e. The van der Waals surface area contributed by atoms with Crippen LogP contribution in [0.5, 0.6) is 0 Å². The standard InChI is InChI=1S/C15H21NO3/c1-11(2)5-4-8-16-14(17)10-12-6-3-7-13(9-12)15(18)19/h3,6-7,9,11H,4-5,8,10H2,1-2H3,(H,16,17)(H,18,19). The third kappa shape index (κ3) is 6.04. The van der Waals surface area contributed by atoms with E-state index in [9.17, 15) is 9.59 Å². The lowest BCUT2D eigenvalue weighted by Gasteiger charge is -2.07. The first-order valence-electron chi connectivity index (χ1n) is 6.58. The SMILES string of the molecule is CC(C)CCCNC(=O)Cc1cccc(C(=O)O)c1. The fourth-order valence-corrected chi connectivity index (χ4v) is 1.80. The number of carbonyl (C=O) groups is 2. The van der Waals surface area contributed by atoms with E-state index >= 15 is 0 Å². The van der Waals surface area contributed by atoms with Gasteiger partial charge in [-0.15, -0.1) is 0 Å². The molecule has 19 heavy (non-hydrogen) atoms. The van der Waals surface area contributed by atoms with Gasteiger partial charge in [-0.05, 0) is 36.5 Å². The predicted molar refractivity (Wildman–Crippen MR) is 74.2 cm³/mol. The Hall–Kier alpha value is -1.84. The van der Waals surface area contributed by atoms with Gasteiger partial charge in [0, 0.05) is 6.54 Å². The van der Waals surface area contributed by atoms with Crippen molar-refractivity contribution in [2.75, 3.05) is 6.54 Å².